The van der Waals surface area contributed by atoms with E-state index < -0.39 is 10.7 Å². The Morgan fingerprint density at radius 2 is 2.07 bits per heavy atom. The van der Waals surface area contributed by atoms with Crippen molar-refractivity contribution in [1.82, 2.24) is 14.5 Å². The summed E-state index contributed by atoms with van der Waals surface area (Å²) in [7, 11) is 0. The van der Waals surface area contributed by atoms with Gasteiger partial charge in [-0.15, -0.1) is 11.3 Å². The third kappa shape index (κ3) is 3.09. The summed E-state index contributed by atoms with van der Waals surface area (Å²) in [6, 6.07) is 6.86. The van der Waals surface area contributed by atoms with Gasteiger partial charge >= 0.3 is 0 Å². The van der Waals surface area contributed by atoms with Gasteiger partial charge < -0.3 is 9.30 Å². The molecule has 0 amide bonds. The number of pyridine rings is 1. The molecule has 0 radical (unpaired) electrons. The summed E-state index contributed by atoms with van der Waals surface area (Å²) in [4.78, 5) is 19.9. The van der Waals surface area contributed by atoms with Gasteiger partial charge in [0.2, 0.25) is 0 Å². The van der Waals surface area contributed by atoms with Crippen LogP contribution < -0.4 is 4.74 Å². The van der Waals surface area contributed by atoms with E-state index in [9.17, 15) is 14.5 Å². The minimum Gasteiger partial charge on any atom is -0.453 e. The second kappa shape index (κ2) is 7.01. The highest BCUT2D eigenvalue weighted by Crippen LogP contribution is 2.40. The number of halogens is 1. The van der Waals surface area contributed by atoms with Gasteiger partial charge in [-0.1, -0.05) is 0 Å². The van der Waals surface area contributed by atoms with Crippen molar-refractivity contribution in [2.75, 3.05) is 0 Å². The van der Waals surface area contributed by atoms with Crippen LogP contribution in [0.4, 0.5) is 10.1 Å². The number of rotatable bonds is 5. The van der Waals surface area contributed by atoms with Gasteiger partial charge in [-0.3, -0.25) is 15.1 Å². The minimum atomic E-state index is -0.798. The second-order valence-corrected chi connectivity index (χ2v) is 7.12. The smallest absolute Gasteiger partial charge is 0.272 e. The lowest BCUT2D eigenvalue weighted by molar-refractivity contribution is -0.385. The summed E-state index contributed by atoms with van der Waals surface area (Å²) in [5.74, 6) is -0.449. The Hall–Kier alpha value is -3.33. The third-order valence-electron chi connectivity index (χ3n) is 4.40. The molecule has 0 fully saturated rings. The van der Waals surface area contributed by atoms with Gasteiger partial charge in [0.05, 0.1) is 32.4 Å². The third-order valence-corrected chi connectivity index (χ3v) is 5.54. The van der Waals surface area contributed by atoms with E-state index in [1.807, 2.05) is 13.0 Å². The Balaban J connectivity index is 1.73. The van der Waals surface area contributed by atoms with Crippen molar-refractivity contribution in [1.29, 1.82) is 0 Å². The second-order valence-electron chi connectivity index (χ2n) is 6.07. The Morgan fingerprint density at radius 3 is 2.75 bits per heavy atom. The average Bonchev–Trinajstić information content (AvgIpc) is 3.26. The van der Waals surface area contributed by atoms with Crippen molar-refractivity contribution in [3.05, 3.63) is 64.5 Å². The van der Waals surface area contributed by atoms with Gasteiger partial charge in [0.1, 0.15) is 11.4 Å². The van der Waals surface area contributed by atoms with Crippen molar-refractivity contribution in [2.45, 2.75) is 20.4 Å². The van der Waals surface area contributed by atoms with E-state index in [4.69, 9.17) is 4.74 Å². The molecule has 0 N–H and O–H groups in total. The first-order valence-electron chi connectivity index (χ1n) is 8.50. The van der Waals surface area contributed by atoms with Crippen LogP contribution in [0.3, 0.4) is 0 Å². The normalized spacial score (nSPS) is 11.1. The van der Waals surface area contributed by atoms with Gasteiger partial charge in [0.15, 0.2) is 11.6 Å². The number of hydrogen-bond donors (Lipinski definition) is 0. The maximum atomic E-state index is 14.2. The number of fused-ring (bicyclic) bond motifs is 1. The summed E-state index contributed by atoms with van der Waals surface area (Å²) in [6.45, 7) is 4.89. The fraction of sp³-hybridized carbons (Fsp3) is 0.158. The van der Waals surface area contributed by atoms with Crippen molar-refractivity contribution in [3.63, 3.8) is 0 Å². The lowest BCUT2D eigenvalue weighted by Gasteiger charge is -2.07. The summed E-state index contributed by atoms with van der Waals surface area (Å²) in [6.07, 6.45) is 3.38. The summed E-state index contributed by atoms with van der Waals surface area (Å²) in [5.41, 5.74) is 2.31. The molecule has 0 aliphatic carbocycles. The molecule has 0 saturated carbocycles. The number of hydrogen-bond acceptors (Lipinski definition) is 6. The van der Waals surface area contributed by atoms with Gasteiger partial charge in [0.25, 0.3) is 5.69 Å². The molecule has 1 aromatic carbocycles. The molecule has 7 nitrogen and oxygen atoms in total. The molecule has 4 rings (SSSR count). The predicted molar refractivity (Wildman–Crippen MR) is 104 cm³/mol. The molecule has 142 valence electrons. The van der Waals surface area contributed by atoms with Crippen LogP contribution in [0.15, 0.2) is 42.9 Å². The van der Waals surface area contributed by atoms with E-state index in [0.29, 0.717) is 11.3 Å². The highest BCUT2D eigenvalue weighted by Gasteiger charge is 2.17. The van der Waals surface area contributed by atoms with Crippen molar-refractivity contribution >= 4 is 27.2 Å². The van der Waals surface area contributed by atoms with Crippen molar-refractivity contribution < 1.29 is 14.1 Å². The molecule has 3 aromatic heterocycles. The fourth-order valence-corrected chi connectivity index (χ4v) is 4.03. The fourth-order valence-electron chi connectivity index (χ4n) is 2.92. The van der Waals surface area contributed by atoms with Gasteiger partial charge in [-0.25, -0.2) is 9.37 Å². The molecule has 0 aliphatic rings. The Labute approximate surface area is 163 Å². The SMILES string of the molecule is CCn1cnc(-c2cc3nccc(Oc4ccc([N+](=O)[O-])cc4F)c3s2)c1C. The number of nitro benzene ring substituents is 1. The van der Waals surface area contributed by atoms with Crippen LogP contribution in [0.2, 0.25) is 0 Å². The molecule has 0 unspecified atom stereocenters. The molecule has 0 bridgehead atoms. The van der Waals surface area contributed by atoms with Crippen molar-refractivity contribution in [3.8, 4) is 22.1 Å². The van der Waals surface area contributed by atoms with Gasteiger partial charge in [-0.2, -0.15) is 0 Å². The minimum absolute atomic E-state index is 0.0838. The van der Waals surface area contributed by atoms with E-state index >= 15 is 0 Å². The quantitative estimate of drug-likeness (QED) is 0.335. The lowest BCUT2D eigenvalue weighted by atomic mass is 10.2. The zero-order valence-electron chi connectivity index (χ0n) is 15.0. The van der Waals surface area contributed by atoms with Crippen LogP contribution in [0.1, 0.15) is 12.6 Å². The number of non-ortho nitro benzene ring substituents is 1. The Bertz CT molecular complexity index is 1200. The maximum absolute atomic E-state index is 14.2. The molecular weight excluding hydrogens is 383 g/mol. The zero-order chi connectivity index (χ0) is 19.8. The Kier molecular flexibility index (Phi) is 4.52. The molecule has 0 aliphatic heterocycles. The topological polar surface area (TPSA) is 83.1 Å². The number of aryl methyl sites for hydroxylation is 1. The molecule has 0 spiro atoms. The number of ether oxygens (including phenoxy) is 1. The van der Waals surface area contributed by atoms with E-state index in [1.54, 1.807) is 18.6 Å². The molecule has 9 heteroatoms. The number of aromatic nitrogens is 3. The van der Waals surface area contributed by atoms with Crippen LogP contribution in [0.5, 0.6) is 11.5 Å². The highest BCUT2D eigenvalue weighted by atomic mass is 32.1. The van der Waals surface area contributed by atoms with E-state index in [2.05, 4.69) is 21.5 Å². The maximum Gasteiger partial charge on any atom is 0.272 e. The molecule has 0 saturated heterocycles. The number of thiophene rings is 1. The van der Waals surface area contributed by atoms with Crippen LogP contribution in [0, 0.1) is 22.9 Å². The van der Waals surface area contributed by atoms with Gasteiger partial charge in [-0.05, 0) is 26.0 Å². The molecule has 28 heavy (non-hydrogen) atoms. The molecule has 4 aromatic rings. The highest BCUT2D eigenvalue weighted by molar-refractivity contribution is 7.22. The van der Waals surface area contributed by atoms with Crippen LogP contribution in [-0.2, 0) is 6.54 Å². The first kappa shape index (κ1) is 18.1. The molecule has 0 atom stereocenters. The molecule has 3 heterocycles. The first-order chi connectivity index (χ1) is 13.5. The predicted octanol–water partition coefficient (Wildman–Crippen LogP) is 5.33. The van der Waals surface area contributed by atoms with E-state index in [-0.39, 0.29) is 11.4 Å². The number of imidazole rings is 1. The van der Waals surface area contributed by atoms with Crippen LogP contribution in [0.25, 0.3) is 20.8 Å². The number of nitrogens with zero attached hydrogens (tertiary/aromatic N) is 4. The lowest BCUT2D eigenvalue weighted by Crippen LogP contribution is -1.93. The number of nitro groups is 1. The Morgan fingerprint density at radius 1 is 1.25 bits per heavy atom. The van der Waals surface area contributed by atoms with E-state index in [1.165, 1.54) is 23.5 Å². The zero-order valence-corrected chi connectivity index (χ0v) is 15.9. The van der Waals surface area contributed by atoms with Gasteiger partial charge in [0, 0.05) is 30.6 Å². The molecular formula is C19H15FN4O3S. The van der Waals surface area contributed by atoms with Crippen LogP contribution >= 0.6 is 11.3 Å². The van der Waals surface area contributed by atoms with Crippen LogP contribution in [-0.4, -0.2) is 19.5 Å². The number of benzene rings is 1. The van der Waals surface area contributed by atoms with E-state index in [0.717, 1.165) is 33.6 Å². The van der Waals surface area contributed by atoms with Crippen molar-refractivity contribution in [2.24, 2.45) is 0 Å². The average molecular weight is 398 g/mol. The first-order valence-corrected chi connectivity index (χ1v) is 9.32. The standard InChI is InChI=1S/C19H15FN4O3S/c1-3-23-10-22-18(11(23)2)17-9-14-19(28-17)16(6-7-21-14)27-15-5-4-12(24(25)26)8-13(15)20/h4-10H,3H2,1-2H3. The summed E-state index contributed by atoms with van der Waals surface area (Å²) < 4.78 is 22.7. The summed E-state index contributed by atoms with van der Waals surface area (Å²) >= 11 is 1.45. The monoisotopic (exact) mass is 398 g/mol. The largest absolute Gasteiger partial charge is 0.453 e. The summed E-state index contributed by atoms with van der Waals surface area (Å²) in [5, 5.41) is 10.8.